The number of nitrogens with one attached hydrogen (secondary N) is 1. The molecule has 0 amide bonds. The topological polar surface area (TPSA) is 59.9 Å². The highest BCUT2D eigenvalue weighted by molar-refractivity contribution is 5.76. The Labute approximate surface area is 111 Å². The lowest BCUT2D eigenvalue weighted by atomic mass is 10.1. The van der Waals surface area contributed by atoms with Gasteiger partial charge in [-0.05, 0) is 32.3 Å². The molecular weight excluding hydrogens is 242 g/mol. The van der Waals surface area contributed by atoms with E-state index >= 15 is 0 Å². The van der Waals surface area contributed by atoms with Crippen LogP contribution in [0.2, 0.25) is 0 Å². The predicted molar refractivity (Wildman–Crippen MR) is 73.6 cm³/mol. The minimum absolute atomic E-state index is 0.0389. The Morgan fingerprint density at radius 2 is 2.21 bits per heavy atom. The molecule has 5 heteroatoms. The van der Waals surface area contributed by atoms with Gasteiger partial charge in [0, 0.05) is 24.9 Å². The van der Waals surface area contributed by atoms with E-state index in [0.717, 1.165) is 38.1 Å². The van der Waals surface area contributed by atoms with Crippen molar-refractivity contribution in [3.63, 3.8) is 0 Å². The van der Waals surface area contributed by atoms with Crippen LogP contribution >= 0.6 is 0 Å². The number of rotatable bonds is 2. The van der Waals surface area contributed by atoms with Gasteiger partial charge in [0.1, 0.15) is 11.5 Å². The normalized spacial score (nSPS) is 17.2. The third-order valence-corrected chi connectivity index (χ3v) is 3.82. The zero-order chi connectivity index (χ0) is 13.4. The van der Waals surface area contributed by atoms with Gasteiger partial charge >= 0.3 is 0 Å². The molecule has 0 atom stereocenters. The summed E-state index contributed by atoms with van der Waals surface area (Å²) in [5.74, 6) is 0.673. The third-order valence-electron chi connectivity index (χ3n) is 3.82. The fourth-order valence-corrected chi connectivity index (χ4v) is 2.89. The standard InChI is InChI=1S/C14H19N3O2/c1-3-10-8-12-13(15-9(2)16-14(12)18)17(10)11-4-6-19-7-5-11/h8,11H,3-7H2,1-2H3,(H,15,16,18). The second kappa shape index (κ2) is 4.81. The Morgan fingerprint density at radius 1 is 1.47 bits per heavy atom. The highest BCUT2D eigenvalue weighted by Gasteiger charge is 2.21. The minimum atomic E-state index is -0.0389. The van der Waals surface area contributed by atoms with Crippen molar-refractivity contribution in [3.05, 3.63) is 27.9 Å². The molecule has 2 aromatic heterocycles. The molecule has 3 rings (SSSR count). The first-order valence-electron chi connectivity index (χ1n) is 6.89. The van der Waals surface area contributed by atoms with E-state index < -0.39 is 0 Å². The van der Waals surface area contributed by atoms with Crippen molar-refractivity contribution in [2.45, 2.75) is 39.2 Å². The van der Waals surface area contributed by atoms with Gasteiger partial charge in [-0.2, -0.15) is 0 Å². The van der Waals surface area contributed by atoms with Gasteiger partial charge in [0.2, 0.25) is 0 Å². The Balaban J connectivity index is 2.22. The Morgan fingerprint density at radius 3 is 2.89 bits per heavy atom. The maximum Gasteiger partial charge on any atom is 0.260 e. The molecule has 0 saturated carbocycles. The minimum Gasteiger partial charge on any atom is -0.381 e. The lowest BCUT2D eigenvalue weighted by molar-refractivity contribution is 0.0700. The summed E-state index contributed by atoms with van der Waals surface area (Å²) >= 11 is 0. The average molecular weight is 261 g/mol. The van der Waals surface area contributed by atoms with E-state index in [1.165, 1.54) is 5.69 Å². The van der Waals surface area contributed by atoms with Gasteiger partial charge in [-0.1, -0.05) is 6.92 Å². The number of nitrogens with zero attached hydrogens (tertiary/aromatic N) is 2. The fourth-order valence-electron chi connectivity index (χ4n) is 2.89. The molecule has 0 radical (unpaired) electrons. The van der Waals surface area contributed by atoms with E-state index in [4.69, 9.17) is 4.74 Å². The lowest BCUT2D eigenvalue weighted by Crippen LogP contribution is -2.21. The average Bonchev–Trinajstić information content (AvgIpc) is 2.78. The van der Waals surface area contributed by atoms with Crippen LogP contribution < -0.4 is 5.56 Å². The molecule has 0 aromatic carbocycles. The van der Waals surface area contributed by atoms with E-state index in [1.54, 1.807) is 0 Å². The molecule has 0 bridgehead atoms. The van der Waals surface area contributed by atoms with E-state index in [0.29, 0.717) is 17.3 Å². The van der Waals surface area contributed by atoms with Crippen molar-refractivity contribution in [2.75, 3.05) is 13.2 Å². The van der Waals surface area contributed by atoms with Crippen LogP contribution in [0, 0.1) is 6.92 Å². The van der Waals surface area contributed by atoms with Crippen LogP contribution in [-0.4, -0.2) is 27.7 Å². The number of H-pyrrole nitrogens is 1. The van der Waals surface area contributed by atoms with Gasteiger partial charge in [-0.15, -0.1) is 0 Å². The number of fused-ring (bicyclic) bond motifs is 1. The Bertz CT molecular complexity index is 650. The first-order valence-corrected chi connectivity index (χ1v) is 6.89. The van der Waals surface area contributed by atoms with Crippen LogP contribution in [0.25, 0.3) is 11.0 Å². The molecule has 3 heterocycles. The van der Waals surface area contributed by atoms with Gasteiger partial charge in [0.05, 0.1) is 5.39 Å². The first-order chi connectivity index (χ1) is 9.20. The molecule has 1 saturated heterocycles. The van der Waals surface area contributed by atoms with Crippen molar-refractivity contribution in [3.8, 4) is 0 Å². The molecule has 2 aromatic rings. The van der Waals surface area contributed by atoms with Gasteiger partial charge in [-0.3, -0.25) is 4.79 Å². The van der Waals surface area contributed by atoms with E-state index in [1.807, 2.05) is 13.0 Å². The van der Waals surface area contributed by atoms with Crippen molar-refractivity contribution in [2.24, 2.45) is 0 Å². The van der Waals surface area contributed by atoms with E-state index in [2.05, 4.69) is 21.5 Å². The van der Waals surface area contributed by atoms with Crippen LogP contribution in [0.5, 0.6) is 0 Å². The van der Waals surface area contributed by atoms with Crippen LogP contribution in [0.1, 0.15) is 37.3 Å². The highest BCUT2D eigenvalue weighted by atomic mass is 16.5. The summed E-state index contributed by atoms with van der Waals surface area (Å²) in [6.07, 6.45) is 2.89. The zero-order valence-corrected chi connectivity index (χ0v) is 11.4. The Hall–Kier alpha value is -1.62. The number of ether oxygens (including phenoxy) is 1. The van der Waals surface area contributed by atoms with Crippen molar-refractivity contribution < 1.29 is 4.74 Å². The molecule has 1 aliphatic heterocycles. The molecule has 1 N–H and O–H groups in total. The number of aromatic amines is 1. The fraction of sp³-hybridized carbons (Fsp3) is 0.571. The summed E-state index contributed by atoms with van der Waals surface area (Å²) in [5.41, 5.74) is 1.97. The quantitative estimate of drug-likeness (QED) is 0.898. The van der Waals surface area contributed by atoms with E-state index in [9.17, 15) is 4.79 Å². The van der Waals surface area contributed by atoms with E-state index in [-0.39, 0.29) is 5.56 Å². The third kappa shape index (κ3) is 2.08. The predicted octanol–water partition coefficient (Wildman–Crippen LogP) is 1.95. The Kier molecular flexibility index (Phi) is 3.14. The summed E-state index contributed by atoms with van der Waals surface area (Å²) < 4.78 is 7.68. The largest absolute Gasteiger partial charge is 0.381 e. The van der Waals surface area contributed by atoms with Crippen molar-refractivity contribution in [1.82, 2.24) is 14.5 Å². The molecule has 0 aliphatic carbocycles. The first kappa shape index (κ1) is 12.4. The van der Waals surface area contributed by atoms with Crippen LogP contribution in [0.4, 0.5) is 0 Å². The number of hydrogen-bond acceptors (Lipinski definition) is 3. The summed E-state index contributed by atoms with van der Waals surface area (Å²) in [5, 5.41) is 0.703. The summed E-state index contributed by atoms with van der Waals surface area (Å²) in [4.78, 5) is 19.4. The SMILES string of the molecule is CCc1cc2c(=O)[nH]c(C)nc2n1C1CCOCC1. The lowest BCUT2D eigenvalue weighted by Gasteiger charge is -2.26. The number of aromatic nitrogens is 3. The molecule has 1 aliphatic rings. The summed E-state index contributed by atoms with van der Waals surface area (Å²) in [6.45, 7) is 5.52. The van der Waals surface area contributed by atoms with Crippen LogP contribution in [0.3, 0.4) is 0 Å². The summed E-state index contributed by atoms with van der Waals surface area (Å²) in [7, 11) is 0. The molecule has 1 fully saturated rings. The van der Waals surface area contributed by atoms with Crippen molar-refractivity contribution >= 4 is 11.0 Å². The maximum absolute atomic E-state index is 12.0. The highest BCUT2D eigenvalue weighted by Crippen LogP contribution is 2.28. The smallest absolute Gasteiger partial charge is 0.260 e. The molecule has 0 unspecified atom stereocenters. The van der Waals surface area contributed by atoms with Gasteiger partial charge in [0.15, 0.2) is 0 Å². The summed E-state index contributed by atoms with van der Waals surface area (Å²) in [6, 6.07) is 2.38. The van der Waals surface area contributed by atoms with Gasteiger partial charge in [0.25, 0.3) is 5.56 Å². The van der Waals surface area contributed by atoms with Gasteiger partial charge in [-0.25, -0.2) is 4.98 Å². The molecular formula is C14H19N3O2. The van der Waals surface area contributed by atoms with Crippen LogP contribution in [0.15, 0.2) is 10.9 Å². The zero-order valence-electron chi connectivity index (χ0n) is 11.4. The molecule has 0 spiro atoms. The maximum atomic E-state index is 12.0. The second-order valence-corrected chi connectivity index (χ2v) is 5.09. The number of aryl methyl sites for hydroxylation is 2. The second-order valence-electron chi connectivity index (χ2n) is 5.09. The van der Waals surface area contributed by atoms with Crippen molar-refractivity contribution in [1.29, 1.82) is 0 Å². The molecule has 102 valence electrons. The monoisotopic (exact) mass is 261 g/mol. The molecule has 19 heavy (non-hydrogen) atoms. The number of hydrogen-bond donors (Lipinski definition) is 1. The van der Waals surface area contributed by atoms with Crippen LogP contribution in [-0.2, 0) is 11.2 Å². The van der Waals surface area contributed by atoms with Gasteiger partial charge < -0.3 is 14.3 Å². The molecule has 5 nitrogen and oxygen atoms in total.